The van der Waals surface area contributed by atoms with Crippen LogP contribution < -0.4 is 0 Å². The van der Waals surface area contributed by atoms with Gasteiger partial charge in [-0.2, -0.15) is 11.3 Å². The highest BCUT2D eigenvalue weighted by Gasteiger charge is 2.09. The molecule has 0 fully saturated rings. The van der Waals surface area contributed by atoms with E-state index in [1.165, 1.54) is 11.1 Å². The van der Waals surface area contributed by atoms with Crippen LogP contribution in [0.4, 0.5) is 0 Å². The topological polar surface area (TPSA) is 20.2 Å². The Labute approximate surface area is 113 Å². The fourth-order valence-electron chi connectivity index (χ4n) is 2.10. The van der Waals surface area contributed by atoms with Crippen molar-refractivity contribution in [2.24, 2.45) is 5.92 Å². The van der Waals surface area contributed by atoms with Crippen molar-refractivity contribution in [3.8, 4) is 0 Å². The van der Waals surface area contributed by atoms with E-state index < -0.39 is 6.10 Å². The Balaban J connectivity index is 2.00. The van der Waals surface area contributed by atoms with Crippen molar-refractivity contribution in [3.05, 3.63) is 57.8 Å². The van der Waals surface area contributed by atoms with Gasteiger partial charge in [-0.15, -0.1) is 0 Å². The largest absolute Gasteiger partial charge is 0.388 e. The first-order chi connectivity index (χ1) is 8.65. The van der Waals surface area contributed by atoms with Crippen molar-refractivity contribution in [2.75, 3.05) is 0 Å². The summed E-state index contributed by atoms with van der Waals surface area (Å²) in [6, 6.07) is 10.4. The van der Waals surface area contributed by atoms with E-state index in [0.29, 0.717) is 12.3 Å². The zero-order valence-electron chi connectivity index (χ0n) is 11.0. The lowest BCUT2D eigenvalue weighted by atomic mass is 9.98. The summed E-state index contributed by atoms with van der Waals surface area (Å²) in [7, 11) is 0. The monoisotopic (exact) mass is 260 g/mol. The summed E-state index contributed by atoms with van der Waals surface area (Å²) in [5, 5.41) is 14.3. The normalized spacial score (nSPS) is 12.9. The van der Waals surface area contributed by atoms with E-state index in [-0.39, 0.29) is 0 Å². The van der Waals surface area contributed by atoms with Gasteiger partial charge >= 0.3 is 0 Å². The fourth-order valence-corrected chi connectivity index (χ4v) is 2.78. The lowest BCUT2D eigenvalue weighted by molar-refractivity contribution is 0.178. The van der Waals surface area contributed by atoms with Gasteiger partial charge in [-0.3, -0.25) is 0 Å². The molecule has 18 heavy (non-hydrogen) atoms. The molecule has 1 aromatic carbocycles. The molecule has 1 aromatic heterocycles. The van der Waals surface area contributed by atoms with Gasteiger partial charge in [0.2, 0.25) is 0 Å². The summed E-state index contributed by atoms with van der Waals surface area (Å²) in [6.45, 7) is 4.44. The first kappa shape index (κ1) is 13.3. The predicted octanol–water partition coefficient (Wildman–Crippen LogP) is 4.22. The van der Waals surface area contributed by atoms with E-state index in [4.69, 9.17) is 0 Å². The highest BCUT2D eigenvalue weighted by atomic mass is 32.1. The molecular weight excluding hydrogens is 240 g/mol. The maximum absolute atomic E-state index is 10.2. The molecule has 1 N–H and O–H groups in total. The van der Waals surface area contributed by atoms with Crippen LogP contribution in [0.5, 0.6) is 0 Å². The van der Waals surface area contributed by atoms with Gasteiger partial charge in [-0.25, -0.2) is 0 Å². The predicted molar refractivity (Wildman–Crippen MR) is 78.0 cm³/mol. The number of hydrogen-bond acceptors (Lipinski definition) is 2. The van der Waals surface area contributed by atoms with E-state index in [2.05, 4.69) is 49.6 Å². The first-order valence-corrected chi connectivity index (χ1v) is 7.37. The van der Waals surface area contributed by atoms with E-state index in [9.17, 15) is 5.11 Å². The van der Waals surface area contributed by atoms with E-state index in [0.717, 1.165) is 12.0 Å². The highest BCUT2D eigenvalue weighted by Crippen LogP contribution is 2.20. The smallest absolute Gasteiger partial charge is 0.0830 e. The molecule has 0 bridgehead atoms. The lowest BCUT2D eigenvalue weighted by Gasteiger charge is -2.11. The minimum absolute atomic E-state index is 0.396. The molecule has 1 heterocycles. The van der Waals surface area contributed by atoms with Gasteiger partial charge < -0.3 is 5.11 Å². The Kier molecular flexibility index (Phi) is 4.56. The average Bonchev–Trinajstić information content (AvgIpc) is 2.82. The van der Waals surface area contributed by atoms with Gasteiger partial charge in [-0.1, -0.05) is 38.1 Å². The second-order valence-corrected chi connectivity index (χ2v) is 5.97. The Morgan fingerprint density at radius 3 is 2.28 bits per heavy atom. The number of benzene rings is 1. The lowest BCUT2D eigenvalue weighted by Crippen LogP contribution is -2.01. The van der Waals surface area contributed by atoms with Crippen LogP contribution >= 0.6 is 11.3 Å². The molecule has 1 nitrogen and oxygen atoms in total. The van der Waals surface area contributed by atoms with Gasteiger partial charge in [0, 0.05) is 6.42 Å². The third-order valence-corrected chi connectivity index (χ3v) is 3.75. The zero-order chi connectivity index (χ0) is 13.0. The molecule has 1 atom stereocenters. The third-order valence-electron chi connectivity index (χ3n) is 3.02. The third kappa shape index (κ3) is 3.69. The number of aliphatic hydroxyl groups excluding tert-OH is 1. The molecule has 0 spiro atoms. The van der Waals surface area contributed by atoms with Crippen LogP contribution in [0.3, 0.4) is 0 Å². The van der Waals surface area contributed by atoms with Gasteiger partial charge in [0.05, 0.1) is 6.10 Å². The summed E-state index contributed by atoms with van der Waals surface area (Å²) in [6.07, 6.45) is 1.40. The molecule has 2 rings (SSSR count). The second kappa shape index (κ2) is 6.17. The van der Waals surface area contributed by atoms with Crippen molar-refractivity contribution in [2.45, 2.75) is 32.8 Å². The molecule has 0 radical (unpaired) electrons. The van der Waals surface area contributed by atoms with Crippen LogP contribution in [0, 0.1) is 5.92 Å². The maximum Gasteiger partial charge on any atom is 0.0830 e. The Bertz CT molecular complexity index is 456. The van der Waals surface area contributed by atoms with Crippen LogP contribution in [0.2, 0.25) is 0 Å². The van der Waals surface area contributed by atoms with E-state index in [1.807, 2.05) is 5.38 Å². The van der Waals surface area contributed by atoms with Crippen LogP contribution in [0.25, 0.3) is 0 Å². The van der Waals surface area contributed by atoms with Crippen LogP contribution in [-0.2, 0) is 12.8 Å². The second-order valence-electron chi connectivity index (χ2n) is 5.19. The van der Waals surface area contributed by atoms with Crippen molar-refractivity contribution in [1.29, 1.82) is 0 Å². The zero-order valence-corrected chi connectivity index (χ0v) is 11.8. The molecule has 0 saturated heterocycles. The minimum Gasteiger partial charge on any atom is -0.388 e. The number of rotatable bonds is 5. The standard InChI is InChI=1S/C16H20OS/c1-12(2)9-13-3-5-15(6-4-13)16(17)10-14-7-8-18-11-14/h3-8,11-12,16-17H,9-10H2,1-2H3. The average molecular weight is 260 g/mol. The summed E-state index contributed by atoms with van der Waals surface area (Å²) >= 11 is 1.67. The molecule has 2 aromatic rings. The number of hydrogen-bond donors (Lipinski definition) is 1. The molecule has 0 aliphatic rings. The van der Waals surface area contributed by atoms with E-state index in [1.54, 1.807) is 11.3 Å². The highest BCUT2D eigenvalue weighted by molar-refractivity contribution is 7.07. The molecule has 96 valence electrons. The van der Waals surface area contributed by atoms with Crippen LogP contribution in [-0.4, -0.2) is 5.11 Å². The summed E-state index contributed by atoms with van der Waals surface area (Å²) in [5.41, 5.74) is 3.56. The Morgan fingerprint density at radius 2 is 1.72 bits per heavy atom. The van der Waals surface area contributed by atoms with Gasteiger partial charge in [-0.05, 0) is 45.9 Å². The van der Waals surface area contributed by atoms with Gasteiger partial charge in [0.15, 0.2) is 0 Å². The Hall–Kier alpha value is -1.12. The van der Waals surface area contributed by atoms with Gasteiger partial charge in [0.1, 0.15) is 0 Å². The van der Waals surface area contributed by atoms with Crippen molar-refractivity contribution < 1.29 is 5.11 Å². The summed E-state index contributed by atoms with van der Waals surface area (Å²) in [4.78, 5) is 0. The minimum atomic E-state index is -0.396. The maximum atomic E-state index is 10.2. The molecular formula is C16H20OS. The van der Waals surface area contributed by atoms with Crippen LogP contribution in [0.1, 0.15) is 36.6 Å². The summed E-state index contributed by atoms with van der Waals surface area (Å²) < 4.78 is 0. The fraction of sp³-hybridized carbons (Fsp3) is 0.375. The van der Waals surface area contributed by atoms with Crippen molar-refractivity contribution in [1.82, 2.24) is 0 Å². The van der Waals surface area contributed by atoms with Crippen molar-refractivity contribution in [3.63, 3.8) is 0 Å². The molecule has 0 amide bonds. The summed E-state index contributed by atoms with van der Waals surface area (Å²) in [5.74, 6) is 0.673. The number of aliphatic hydroxyl groups is 1. The molecule has 0 saturated carbocycles. The SMILES string of the molecule is CC(C)Cc1ccc(C(O)Cc2ccsc2)cc1. The quantitative estimate of drug-likeness (QED) is 0.853. The Morgan fingerprint density at radius 1 is 1.00 bits per heavy atom. The molecule has 1 unspecified atom stereocenters. The first-order valence-electron chi connectivity index (χ1n) is 6.43. The molecule has 2 heteroatoms. The molecule has 0 aliphatic carbocycles. The van der Waals surface area contributed by atoms with Crippen molar-refractivity contribution >= 4 is 11.3 Å². The molecule has 0 aliphatic heterocycles. The number of thiophene rings is 1. The van der Waals surface area contributed by atoms with Gasteiger partial charge in [0.25, 0.3) is 0 Å². The van der Waals surface area contributed by atoms with Crippen LogP contribution in [0.15, 0.2) is 41.1 Å². The van der Waals surface area contributed by atoms with E-state index >= 15 is 0 Å².